The summed E-state index contributed by atoms with van der Waals surface area (Å²) >= 11 is 0. The molecule has 39 heavy (non-hydrogen) atoms. The minimum Gasteiger partial charge on any atom is -0.478 e. The minimum absolute atomic E-state index is 0.540. The number of allylic oxidation sites excluding steroid dienone is 6. The van der Waals surface area contributed by atoms with Crippen LogP contribution in [0.5, 0.6) is 0 Å². The topological polar surface area (TPSA) is 151 Å². The number of hydrogen-bond donors (Lipinski definition) is 3. The quantitative estimate of drug-likeness (QED) is 0.229. The summed E-state index contributed by atoms with van der Waals surface area (Å²) in [6.07, 6.45) is 20.6. The number of pyridine rings is 3. The average molecular weight is 522 g/mol. The van der Waals surface area contributed by atoms with Gasteiger partial charge < -0.3 is 15.3 Å². The monoisotopic (exact) mass is 521 g/mol. The van der Waals surface area contributed by atoms with Crippen molar-refractivity contribution in [2.75, 3.05) is 0 Å². The molecule has 0 aromatic carbocycles. The molecule has 0 aliphatic heterocycles. The first kappa shape index (κ1) is 27.9. The standard InChI is InChI=1S/C30H23N3O6/c34-28(35)10-4-1-7-21-13-15-31-24(17-21)26-19-23(9-3-6-12-30(38)39)20-27(33-26)25-18-22(14-16-32-25)8-2-5-11-29(36)37/h1-20H,(H,34,35)(H,36,37)(H,38,39)/b7-1+,8-2+,9-3+,10-4+,11-5+,12-6+. The molecule has 0 bridgehead atoms. The van der Waals surface area contributed by atoms with Crippen LogP contribution in [0.4, 0.5) is 0 Å². The summed E-state index contributed by atoms with van der Waals surface area (Å²) in [7, 11) is 0. The van der Waals surface area contributed by atoms with Gasteiger partial charge in [0.05, 0.1) is 22.8 Å². The van der Waals surface area contributed by atoms with Gasteiger partial charge in [0.2, 0.25) is 0 Å². The van der Waals surface area contributed by atoms with Crippen molar-refractivity contribution >= 4 is 36.1 Å². The Hall–Kier alpha value is -5.70. The van der Waals surface area contributed by atoms with Gasteiger partial charge in [-0.25, -0.2) is 19.4 Å². The third-order valence-corrected chi connectivity index (χ3v) is 4.86. The second kappa shape index (κ2) is 14.1. The first-order chi connectivity index (χ1) is 18.8. The maximum Gasteiger partial charge on any atom is 0.328 e. The second-order valence-corrected chi connectivity index (χ2v) is 7.79. The summed E-state index contributed by atoms with van der Waals surface area (Å²) in [5, 5.41) is 26.3. The van der Waals surface area contributed by atoms with E-state index in [9.17, 15) is 14.4 Å². The van der Waals surface area contributed by atoms with Crippen LogP contribution < -0.4 is 0 Å². The van der Waals surface area contributed by atoms with Gasteiger partial charge >= 0.3 is 17.9 Å². The normalized spacial score (nSPS) is 12.1. The Balaban J connectivity index is 2.02. The highest BCUT2D eigenvalue weighted by atomic mass is 16.4. The molecule has 0 fully saturated rings. The van der Waals surface area contributed by atoms with E-state index >= 15 is 0 Å². The van der Waals surface area contributed by atoms with E-state index in [1.54, 1.807) is 85.2 Å². The Morgan fingerprint density at radius 2 is 0.872 bits per heavy atom. The van der Waals surface area contributed by atoms with E-state index in [0.29, 0.717) is 22.8 Å². The van der Waals surface area contributed by atoms with Crippen LogP contribution >= 0.6 is 0 Å². The summed E-state index contributed by atoms with van der Waals surface area (Å²) in [5.74, 6) is -3.14. The molecular weight excluding hydrogens is 498 g/mol. The Labute approximate surface area is 223 Å². The second-order valence-electron chi connectivity index (χ2n) is 7.79. The molecule has 0 radical (unpaired) electrons. The summed E-state index contributed by atoms with van der Waals surface area (Å²) in [6, 6.07) is 10.7. The zero-order valence-corrected chi connectivity index (χ0v) is 20.5. The van der Waals surface area contributed by atoms with E-state index in [4.69, 9.17) is 20.3 Å². The van der Waals surface area contributed by atoms with Crippen molar-refractivity contribution in [3.05, 3.63) is 120 Å². The van der Waals surface area contributed by atoms with Gasteiger partial charge in [-0.05, 0) is 53.1 Å². The molecule has 3 heterocycles. The van der Waals surface area contributed by atoms with Crippen molar-refractivity contribution in [1.82, 2.24) is 15.0 Å². The van der Waals surface area contributed by atoms with Crippen molar-refractivity contribution in [3.63, 3.8) is 0 Å². The van der Waals surface area contributed by atoms with Crippen LogP contribution in [0.1, 0.15) is 16.7 Å². The molecule has 0 aliphatic carbocycles. The van der Waals surface area contributed by atoms with E-state index in [2.05, 4.69) is 9.97 Å². The van der Waals surface area contributed by atoms with Gasteiger partial charge in [-0.3, -0.25) is 9.97 Å². The van der Waals surface area contributed by atoms with Gasteiger partial charge in [0.25, 0.3) is 0 Å². The Morgan fingerprint density at radius 1 is 0.513 bits per heavy atom. The Kier molecular flexibility index (Phi) is 10.1. The lowest BCUT2D eigenvalue weighted by molar-refractivity contribution is -0.132. The van der Waals surface area contributed by atoms with Gasteiger partial charge in [0, 0.05) is 30.6 Å². The van der Waals surface area contributed by atoms with E-state index in [1.807, 2.05) is 0 Å². The van der Waals surface area contributed by atoms with Crippen LogP contribution in [-0.2, 0) is 14.4 Å². The number of hydrogen-bond acceptors (Lipinski definition) is 6. The molecule has 0 saturated heterocycles. The summed E-state index contributed by atoms with van der Waals surface area (Å²) in [6.45, 7) is 0. The van der Waals surface area contributed by atoms with Crippen LogP contribution in [-0.4, -0.2) is 48.2 Å². The van der Waals surface area contributed by atoms with Crippen LogP contribution in [0.25, 0.3) is 41.0 Å². The summed E-state index contributed by atoms with van der Waals surface area (Å²) < 4.78 is 0. The molecule has 194 valence electrons. The third kappa shape index (κ3) is 9.70. The van der Waals surface area contributed by atoms with E-state index in [-0.39, 0.29) is 0 Å². The number of carboxylic acids is 3. The number of rotatable bonds is 11. The summed E-state index contributed by atoms with van der Waals surface area (Å²) in [5.41, 5.74) is 4.49. The van der Waals surface area contributed by atoms with Crippen LogP contribution in [0, 0.1) is 0 Å². The number of carbonyl (C=O) groups is 3. The largest absolute Gasteiger partial charge is 0.478 e. The molecule has 0 amide bonds. The smallest absolute Gasteiger partial charge is 0.328 e. The molecule has 3 N–H and O–H groups in total. The molecule has 0 spiro atoms. The number of nitrogens with zero attached hydrogens (tertiary/aromatic N) is 3. The van der Waals surface area contributed by atoms with Crippen LogP contribution in [0.3, 0.4) is 0 Å². The zero-order chi connectivity index (χ0) is 28.0. The predicted octanol–water partition coefficient (Wildman–Crippen LogP) is 5.17. The van der Waals surface area contributed by atoms with E-state index < -0.39 is 17.9 Å². The molecule has 0 saturated carbocycles. The highest BCUT2D eigenvalue weighted by Gasteiger charge is 2.09. The van der Waals surface area contributed by atoms with Crippen LogP contribution in [0.2, 0.25) is 0 Å². The van der Waals surface area contributed by atoms with Crippen molar-refractivity contribution in [3.8, 4) is 22.8 Å². The van der Waals surface area contributed by atoms with Gasteiger partial charge in [-0.2, -0.15) is 0 Å². The number of carboxylic acid groups (broad SMARTS) is 3. The molecule has 9 nitrogen and oxygen atoms in total. The van der Waals surface area contributed by atoms with Crippen molar-refractivity contribution < 1.29 is 29.7 Å². The van der Waals surface area contributed by atoms with Gasteiger partial charge in [-0.15, -0.1) is 0 Å². The van der Waals surface area contributed by atoms with E-state index in [1.165, 1.54) is 18.2 Å². The summed E-state index contributed by atoms with van der Waals surface area (Å²) in [4.78, 5) is 45.7. The van der Waals surface area contributed by atoms with Crippen molar-refractivity contribution in [2.45, 2.75) is 0 Å². The molecular formula is C30H23N3O6. The highest BCUT2D eigenvalue weighted by Crippen LogP contribution is 2.25. The van der Waals surface area contributed by atoms with Gasteiger partial charge in [0.15, 0.2) is 0 Å². The lowest BCUT2D eigenvalue weighted by Crippen LogP contribution is -1.94. The molecule has 3 aromatic rings. The molecule has 9 heteroatoms. The van der Waals surface area contributed by atoms with Crippen LogP contribution in [0.15, 0.2) is 103 Å². The maximum atomic E-state index is 10.8. The molecule has 0 unspecified atom stereocenters. The first-order valence-corrected chi connectivity index (χ1v) is 11.5. The molecule has 0 aliphatic rings. The lowest BCUT2D eigenvalue weighted by Gasteiger charge is -2.08. The first-order valence-electron chi connectivity index (χ1n) is 11.5. The fraction of sp³-hybridized carbons (Fsp3) is 0. The minimum atomic E-state index is -1.06. The van der Waals surface area contributed by atoms with Crippen molar-refractivity contribution in [2.24, 2.45) is 0 Å². The highest BCUT2D eigenvalue weighted by molar-refractivity contribution is 5.81. The zero-order valence-electron chi connectivity index (χ0n) is 20.5. The Bertz CT molecular complexity index is 1450. The number of aromatic nitrogens is 3. The average Bonchev–Trinajstić information content (AvgIpc) is 2.91. The Morgan fingerprint density at radius 3 is 1.26 bits per heavy atom. The third-order valence-electron chi connectivity index (χ3n) is 4.86. The van der Waals surface area contributed by atoms with Crippen molar-refractivity contribution in [1.29, 1.82) is 0 Å². The van der Waals surface area contributed by atoms with E-state index in [0.717, 1.165) is 34.9 Å². The molecule has 0 atom stereocenters. The predicted molar refractivity (Wildman–Crippen MR) is 148 cm³/mol. The maximum absolute atomic E-state index is 10.8. The van der Waals surface area contributed by atoms with Gasteiger partial charge in [0.1, 0.15) is 0 Å². The number of aliphatic carboxylic acids is 3. The SMILES string of the molecule is O=C(O)/C=C/C=C/c1ccnc(-c2cc(/C=C/C=C/C(=O)O)cc(-c3cc(/C=C/C=C/C(=O)O)ccn3)n2)c1. The lowest BCUT2D eigenvalue weighted by atomic mass is 10.1. The fourth-order valence-corrected chi connectivity index (χ4v) is 3.21. The van der Waals surface area contributed by atoms with Gasteiger partial charge in [-0.1, -0.05) is 54.7 Å². The molecule has 3 rings (SSSR count). The fourth-order valence-electron chi connectivity index (χ4n) is 3.21. The molecule has 3 aromatic heterocycles.